The number of nitrogens with zero attached hydrogens (tertiary/aromatic N) is 2. The Morgan fingerprint density at radius 2 is 1.71 bits per heavy atom. The number of hydrogen-bond acceptors (Lipinski definition) is 4. The van der Waals surface area contributed by atoms with Gasteiger partial charge in [0.2, 0.25) is 0 Å². The number of cyclic esters (lactones) is 1. The normalized spacial score (nSPS) is 22.0. The zero-order chi connectivity index (χ0) is 14.1. The summed E-state index contributed by atoms with van der Waals surface area (Å²) in [5.74, 6) is -0.0533. The van der Waals surface area contributed by atoms with E-state index < -0.39 is 0 Å². The third-order valence-corrected chi connectivity index (χ3v) is 3.33. The molecule has 0 spiro atoms. The molecule has 0 aromatic heterocycles. The molecule has 0 aliphatic carbocycles. The molecule has 106 valence electrons. The third-order valence-electron chi connectivity index (χ3n) is 3.33. The summed E-state index contributed by atoms with van der Waals surface area (Å²) in [7, 11) is 0. The van der Waals surface area contributed by atoms with Crippen molar-refractivity contribution in [3.8, 4) is 0 Å². The predicted octanol–water partition coefficient (Wildman–Crippen LogP) is -1.79. The predicted molar refractivity (Wildman–Crippen MR) is 72.6 cm³/mol. The first-order chi connectivity index (χ1) is 9.65. The molecule has 0 bridgehead atoms. The molecule has 1 aromatic carbocycles. The summed E-state index contributed by atoms with van der Waals surface area (Å²) in [6, 6.07) is 7.25. The minimum absolute atomic E-state index is 0. The van der Waals surface area contributed by atoms with Gasteiger partial charge in [-0.25, -0.2) is 4.79 Å². The molecule has 0 unspecified atom stereocenters. The number of carbonyl (C=O) groups excluding carboxylic acids is 2. The van der Waals surface area contributed by atoms with Crippen LogP contribution >= 0.6 is 0 Å². The number of hydrogen-bond donors (Lipinski definition) is 0. The largest absolute Gasteiger partial charge is 1.00 e. The average molecular weight is 361 g/mol. The van der Waals surface area contributed by atoms with Crippen LogP contribution in [0.5, 0.6) is 0 Å². The van der Waals surface area contributed by atoms with E-state index in [1.807, 2.05) is 12.1 Å². The van der Waals surface area contributed by atoms with E-state index in [1.54, 1.807) is 17.0 Å². The van der Waals surface area contributed by atoms with Gasteiger partial charge in [0.1, 0.15) is 6.61 Å². The van der Waals surface area contributed by atoms with E-state index >= 15 is 0 Å². The van der Waals surface area contributed by atoms with Crippen molar-refractivity contribution in [1.82, 2.24) is 0 Å². The second-order valence-corrected chi connectivity index (χ2v) is 4.73. The first-order valence-corrected chi connectivity index (χ1v) is 6.44. The fraction of sp³-hybridized carbons (Fsp3) is 0.357. The number of carbonyl (C=O) groups is 2. The maximum atomic E-state index is 11.7. The molecule has 0 N–H and O–H groups in total. The summed E-state index contributed by atoms with van der Waals surface area (Å²) >= 11 is 0. The SMILES string of the molecule is [CH2-][C@H]1CN(c2ccc(N3CCOCC3=O)cc2)C(=O)O1.[Rb+]. The van der Waals surface area contributed by atoms with Crippen molar-refractivity contribution in [3.63, 3.8) is 0 Å². The molecule has 2 saturated heterocycles. The van der Waals surface area contributed by atoms with E-state index in [-0.39, 0.29) is 82.9 Å². The van der Waals surface area contributed by atoms with E-state index in [1.165, 1.54) is 4.90 Å². The van der Waals surface area contributed by atoms with Gasteiger partial charge < -0.3 is 21.3 Å². The topological polar surface area (TPSA) is 59.1 Å². The summed E-state index contributed by atoms with van der Waals surface area (Å²) in [6.45, 7) is 5.35. The van der Waals surface area contributed by atoms with Crippen molar-refractivity contribution >= 4 is 23.4 Å². The molecule has 0 radical (unpaired) electrons. The van der Waals surface area contributed by atoms with Crippen molar-refractivity contribution < 1.29 is 77.3 Å². The van der Waals surface area contributed by atoms with Crippen LogP contribution in [0.4, 0.5) is 16.2 Å². The van der Waals surface area contributed by atoms with Gasteiger partial charge in [-0.1, -0.05) is 0 Å². The number of amides is 2. The summed E-state index contributed by atoms with van der Waals surface area (Å²) in [4.78, 5) is 26.6. The second kappa shape index (κ2) is 7.33. The Hall–Kier alpha value is -0.275. The Kier molecular flexibility index (Phi) is 5.96. The molecule has 2 heterocycles. The number of anilines is 2. The Balaban J connectivity index is 0.00000161. The van der Waals surface area contributed by atoms with Crippen LogP contribution in [0, 0.1) is 6.92 Å². The Labute approximate surface area is 172 Å². The van der Waals surface area contributed by atoms with Crippen LogP contribution < -0.4 is 68.0 Å². The number of ether oxygens (including phenoxy) is 2. The maximum Gasteiger partial charge on any atom is 1.00 e. The molecule has 1 atom stereocenters. The molecule has 6 nitrogen and oxygen atoms in total. The van der Waals surface area contributed by atoms with Gasteiger partial charge in [-0.15, -0.1) is 0 Å². The van der Waals surface area contributed by atoms with E-state index in [2.05, 4.69) is 6.92 Å². The standard InChI is InChI=1S/C14H15N2O4.Rb/c1-10-8-16(14(18)20-10)12-4-2-11(3-5-12)15-6-7-19-9-13(15)17;/h2-5,10H,1,6-9H2;/q-1;+1/t10-;/m0./s1. The second-order valence-electron chi connectivity index (χ2n) is 4.73. The van der Waals surface area contributed by atoms with Crippen LogP contribution in [0.25, 0.3) is 0 Å². The van der Waals surface area contributed by atoms with Gasteiger partial charge in [-0.05, 0) is 30.4 Å². The molecule has 3 rings (SSSR count). The van der Waals surface area contributed by atoms with Gasteiger partial charge in [0.05, 0.1) is 6.61 Å². The van der Waals surface area contributed by atoms with Crippen LogP contribution in [-0.2, 0) is 14.3 Å². The molecule has 7 heteroatoms. The Morgan fingerprint density at radius 1 is 1.10 bits per heavy atom. The first kappa shape index (κ1) is 17.1. The molecule has 21 heavy (non-hydrogen) atoms. The van der Waals surface area contributed by atoms with Crippen LogP contribution in [0.1, 0.15) is 0 Å². The minimum Gasteiger partial charge on any atom is -0.477 e. The summed E-state index contributed by atoms with van der Waals surface area (Å²) in [6.07, 6.45) is -0.733. The number of rotatable bonds is 2. The summed E-state index contributed by atoms with van der Waals surface area (Å²) < 4.78 is 10.1. The van der Waals surface area contributed by atoms with Gasteiger partial charge in [0.25, 0.3) is 5.91 Å². The van der Waals surface area contributed by atoms with E-state index in [4.69, 9.17) is 9.47 Å². The van der Waals surface area contributed by atoms with Gasteiger partial charge in [-0.2, -0.15) is 0 Å². The molecular formula is C14H15N2O4Rb. The van der Waals surface area contributed by atoms with Crippen LogP contribution in [-0.4, -0.2) is 44.4 Å². The number of benzene rings is 1. The zero-order valence-corrected chi connectivity index (χ0v) is 16.9. The monoisotopic (exact) mass is 360 g/mol. The smallest absolute Gasteiger partial charge is 0.477 e. The molecule has 0 saturated carbocycles. The molecular weight excluding hydrogens is 346 g/mol. The van der Waals surface area contributed by atoms with Crippen LogP contribution in [0.15, 0.2) is 24.3 Å². The van der Waals surface area contributed by atoms with Gasteiger partial charge >= 0.3 is 64.3 Å². The van der Waals surface area contributed by atoms with Gasteiger partial charge in [0, 0.05) is 24.5 Å². The number of morpholine rings is 1. The van der Waals surface area contributed by atoms with Crippen LogP contribution in [0.3, 0.4) is 0 Å². The molecule has 1 aromatic rings. The molecule has 2 aliphatic heterocycles. The first-order valence-electron chi connectivity index (χ1n) is 6.44. The maximum absolute atomic E-state index is 11.7. The Bertz CT molecular complexity index is 505. The fourth-order valence-electron chi connectivity index (χ4n) is 2.34. The Morgan fingerprint density at radius 3 is 2.24 bits per heavy atom. The van der Waals surface area contributed by atoms with Crippen LogP contribution in [0.2, 0.25) is 0 Å². The molecule has 2 fully saturated rings. The fourth-order valence-corrected chi connectivity index (χ4v) is 2.34. The van der Waals surface area contributed by atoms with Gasteiger partial charge in [0.15, 0.2) is 0 Å². The summed E-state index contributed by atoms with van der Waals surface area (Å²) in [5, 5.41) is 0. The van der Waals surface area contributed by atoms with E-state index in [0.717, 1.165) is 11.4 Å². The molecule has 2 amide bonds. The zero-order valence-electron chi connectivity index (χ0n) is 11.9. The quantitative estimate of drug-likeness (QED) is 0.585. The van der Waals surface area contributed by atoms with Crippen molar-refractivity contribution in [1.29, 1.82) is 0 Å². The van der Waals surface area contributed by atoms with E-state index in [9.17, 15) is 9.59 Å². The third kappa shape index (κ3) is 3.74. The minimum atomic E-state index is -0.389. The van der Waals surface area contributed by atoms with Crippen molar-refractivity contribution in [2.24, 2.45) is 0 Å². The average Bonchev–Trinajstić information content (AvgIpc) is 2.79. The summed E-state index contributed by atoms with van der Waals surface area (Å²) in [5.41, 5.74) is 1.55. The van der Waals surface area contributed by atoms with Crippen molar-refractivity contribution in [2.45, 2.75) is 6.10 Å². The van der Waals surface area contributed by atoms with Crippen molar-refractivity contribution in [2.75, 3.05) is 36.1 Å². The molecule has 2 aliphatic rings. The van der Waals surface area contributed by atoms with Crippen molar-refractivity contribution in [3.05, 3.63) is 31.2 Å². The van der Waals surface area contributed by atoms with E-state index in [0.29, 0.717) is 19.7 Å². The van der Waals surface area contributed by atoms with Gasteiger partial charge in [-0.3, -0.25) is 9.69 Å².